The van der Waals surface area contributed by atoms with Gasteiger partial charge in [0.1, 0.15) is 5.75 Å². The molecule has 0 spiro atoms. The first-order valence-electron chi connectivity index (χ1n) is 6.66. The maximum atomic E-state index is 11.8. The molecule has 0 heterocycles. The Labute approximate surface area is 115 Å². The van der Waals surface area contributed by atoms with Crippen LogP contribution in [0.5, 0.6) is 5.75 Å². The van der Waals surface area contributed by atoms with Crippen LogP contribution in [0.4, 0.5) is 0 Å². The summed E-state index contributed by atoms with van der Waals surface area (Å²) >= 11 is 0. The van der Waals surface area contributed by atoms with Gasteiger partial charge in [-0.25, -0.2) is 0 Å². The van der Waals surface area contributed by atoms with E-state index in [1.54, 1.807) is 11.9 Å². The number of nitrogens with one attached hydrogen (secondary N) is 1. The quantitative estimate of drug-likeness (QED) is 0.817. The third-order valence-electron chi connectivity index (χ3n) is 3.03. The average Bonchev–Trinajstić information content (AvgIpc) is 2.42. The molecule has 0 aliphatic rings. The van der Waals surface area contributed by atoms with E-state index in [1.807, 2.05) is 31.3 Å². The highest BCUT2D eigenvalue weighted by atomic mass is 16.5. The molecular formula is C15H24N2O2. The van der Waals surface area contributed by atoms with Gasteiger partial charge in [0.2, 0.25) is 0 Å². The molecule has 0 aliphatic heterocycles. The number of amides is 1. The highest BCUT2D eigenvalue weighted by Crippen LogP contribution is 2.18. The maximum absolute atomic E-state index is 11.8. The summed E-state index contributed by atoms with van der Waals surface area (Å²) in [5.74, 6) is 1.23. The van der Waals surface area contributed by atoms with Gasteiger partial charge in [-0.15, -0.1) is 0 Å². The van der Waals surface area contributed by atoms with Crippen molar-refractivity contribution in [2.75, 3.05) is 33.8 Å². The van der Waals surface area contributed by atoms with Crippen LogP contribution in [0.3, 0.4) is 0 Å². The minimum atomic E-state index is -0.0109. The SMILES string of the molecule is CNCCN(C)C(=O)COc1ccc(C(C)C)cc1. The summed E-state index contributed by atoms with van der Waals surface area (Å²) in [5.41, 5.74) is 1.27. The van der Waals surface area contributed by atoms with Gasteiger partial charge in [0.15, 0.2) is 6.61 Å². The number of carbonyl (C=O) groups is 1. The van der Waals surface area contributed by atoms with Crippen molar-refractivity contribution in [2.45, 2.75) is 19.8 Å². The fourth-order valence-electron chi connectivity index (χ4n) is 1.61. The van der Waals surface area contributed by atoms with Gasteiger partial charge in [0.05, 0.1) is 0 Å². The molecule has 0 atom stereocenters. The molecule has 0 saturated carbocycles. The van der Waals surface area contributed by atoms with Gasteiger partial charge in [-0.1, -0.05) is 26.0 Å². The van der Waals surface area contributed by atoms with Crippen molar-refractivity contribution in [3.63, 3.8) is 0 Å². The Bertz CT molecular complexity index is 388. The second kappa shape index (κ2) is 7.79. The smallest absolute Gasteiger partial charge is 0.260 e. The highest BCUT2D eigenvalue weighted by Gasteiger charge is 2.08. The molecule has 1 aromatic carbocycles. The lowest BCUT2D eigenvalue weighted by Gasteiger charge is -2.17. The lowest BCUT2D eigenvalue weighted by molar-refractivity contribution is -0.131. The molecule has 0 radical (unpaired) electrons. The predicted octanol–water partition coefficient (Wildman–Crippen LogP) is 1.87. The van der Waals surface area contributed by atoms with Crippen LogP contribution in [-0.2, 0) is 4.79 Å². The van der Waals surface area contributed by atoms with Gasteiger partial charge >= 0.3 is 0 Å². The van der Waals surface area contributed by atoms with Crippen LogP contribution in [0, 0.1) is 0 Å². The number of carbonyl (C=O) groups excluding carboxylic acids is 1. The zero-order valence-electron chi connectivity index (χ0n) is 12.3. The molecule has 0 bridgehead atoms. The lowest BCUT2D eigenvalue weighted by atomic mass is 10.0. The van der Waals surface area contributed by atoms with E-state index < -0.39 is 0 Å². The summed E-state index contributed by atoms with van der Waals surface area (Å²) < 4.78 is 5.49. The third-order valence-corrected chi connectivity index (χ3v) is 3.03. The summed E-state index contributed by atoms with van der Waals surface area (Å²) in [7, 11) is 3.65. The summed E-state index contributed by atoms with van der Waals surface area (Å²) in [6.45, 7) is 5.85. The molecular weight excluding hydrogens is 240 g/mol. The largest absolute Gasteiger partial charge is 0.484 e. The van der Waals surface area contributed by atoms with Gasteiger partial charge in [0.25, 0.3) is 5.91 Å². The zero-order valence-corrected chi connectivity index (χ0v) is 12.3. The van der Waals surface area contributed by atoms with E-state index in [0.29, 0.717) is 12.5 Å². The van der Waals surface area contributed by atoms with Crippen molar-refractivity contribution < 1.29 is 9.53 Å². The van der Waals surface area contributed by atoms with Crippen LogP contribution in [0.2, 0.25) is 0 Å². The van der Waals surface area contributed by atoms with E-state index in [-0.39, 0.29) is 12.5 Å². The molecule has 0 saturated heterocycles. The Hall–Kier alpha value is -1.55. The second-order valence-corrected chi connectivity index (χ2v) is 4.93. The normalized spacial score (nSPS) is 10.6. The minimum absolute atomic E-state index is 0.0109. The van der Waals surface area contributed by atoms with Gasteiger partial charge in [0, 0.05) is 20.1 Å². The molecule has 106 valence electrons. The molecule has 4 heteroatoms. The minimum Gasteiger partial charge on any atom is -0.484 e. The monoisotopic (exact) mass is 264 g/mol. The molecule has 0 aliphatic carbocycles. The fourth-order valence-corrected chi connectivity index (χ4v) is 1.61. The van der Waals surface area contributed by atoms with Crippen molar-refractivity contribution in [3.8, 4) is 5.75 Å². The Morgan fingerprint density at radius 3 is 2.47 bits per heavy atom. The van der Waals surface area contributed by atoms with Crippen molar-refractivity contribution >= 4 is 5.91 Å². The molecule has 0 aromatic heterocycles. The van der Waals surface area contributed by atoms with Crippen LogP contribution < -0.4 is 10.1 Å². The van der Waals surface area contributed by atoms with Crippen LogP contribution in [0.1, 0.15) is 25.3 Å². The van der Waals surface area contributed by atoms with E-state index in [4.69, 9.17) is 4.74 Å². The molecule has 1 rings (SSSR count). The van der Waals surface area contributed by atoms with Gasteiger partial charge in [-0.05, 0) is 30.7 Å². The number of rotatable bonds is 7. The fraction of sp³-hybridized carbons (Fsp3) is 0.533. The van der Waals surface area contributed by atoms with Crippen molar-refractivity contribution in [1.29, 1.82) is 0 Å². The highest BCUT2D eigenvalue weighted by molar-refractivity contribution is 5.77. The Kier molecular flexibility index (Phi) is 6.36. The number of hydrogen-bond acceptors (Lipinski definition) is 3. The average molecular weight is 264 g/mol. The van der Waals surface area contributed by atoms with Gasteiger partial charge in [-0.2, -0.15) is 0 Å². The summed E-state index contributed by atoms with van der Waals surface area (Å²) in [4.78, 5) is 13.4. The topological polar surface area (TPSA) is 41.6 Å². The maximum Gasteiger partial charge on any atom is 0.260 e. The Morgan fingerprint density at radius 1 is 1.32 bits per heavy atom. The van der Waals surface area contributed by atoms with Crippen LogP contribution in [0.15, 0.2) is 24.3 Å². The molecule has 1 N–H and O–H groups in total. The van der Waals surface area contributed by atoms with Crippen molar-refractivity contribution in [3.05, 3.63) is 29.8 Å². The summed E-state index contributed by atoms with van der Waals surface area (Å²) in [5, 5.41) is 3.01. The molecule has 0 unspecified atom stereocenters. The number of nitrogens with zero attached hydrogens (tertiary/aromatic N) is 1. The first-order valence-corrected chi connectivity index (χ1v) is 6.66. The standard InChI is InChI=1S/C15H24N2O2/c1-12(2)13-5-7-14(8-6-13)19-11-15(18)17(4)10-9-16-3/h5-8,12,16H,9-11H2,1-4H3. The first-order chi connectivity index (χ1) is 9.04. The van der Waals surface area contributed by atoms with Crippen molar-refractivity contribution in [2.24, 2.45) is 0 Å². The van der Waals surface area contributed by atoms with Gasteiger partial charge < -0.3 is 15.0 Å². The predicted molar refractivity (Wildman–Crippen MR) is 77.6 cm³/mol. The second-order valence-electron chi connectivity index (χ2n) is 4.93. The van der Waals surface area contributed by atoms with E-state index in [2.05, 4.69) is 19.2 Å². The summed E-state index contributed by atoms with van der Waals surface area (Å²) in [6, 6.07) is 7.90. The van der Waals surface area contributed by atoms with E-state index in [0.717, 1.165) is 12.3 Å². The lowest BCUT2D eigenvalue weighted by Crippen LogP contribution is -2.35. The number of hydrogen-bond donors (Lipinski definition) is 1. The van der Waals surface area contributed by atoms with E-state index in [1.165, 1.54) is 5.56 Å². The molecule has 1 amide bonds. The van der Waals surface area contributed by atoms with Crippen LogP contribution >= 0.6 is 0 Å². The van der Waals surface area contributed by atoms with Gasteiger partial charge in [-0.3, -0.25) is 4.79 Å². The van der Waals surface area contributed by atoms with Crippen LogP contribution in [-0.4, -0.2) is 44.6 Å². The number of ether oxygens (including phenoxy) is 1. The number of benzene rings is 1. The Morgan fingerprint density at radius 2 is 1.95 bits per heavy atom. The third kappa shape index (κ3) is 5.30. The molecule has 0 fully saturated rings. The first kappa shape index (κ1) is 15.5. The van der Waals surface area contributed by atoms with Crippen LogP contribution in [0.25, 0.3) is 0 Å². The number of likely N-dealkylation sites (N-methyl/N-ethyl adjacent to an activating group) is 2. The molecule has 4 nitrogen and oxygen atoms in total. The summed E-state index contributed by atoms with van der Waals surface area (Å²) in [6.07, 6.45) is 0. The molecule has 1 aromatic rings. The van der Waals surface area contributed by atoms with E-state index >= 15 is 0 Å². The zero-order chi connectivity index (χ0) is 14.3. The van der Waals surface area contributed by atoms with Crippen molar-refractivity contribution in [1.82, 2.24) is 10.2 Å². The molecule has 19 heavy (non-hydrogen) atoms. The van der Waals surface area contributed by atoms with E-state index in [9.17, 15) is 4.79 Å². The Balaban J connectivity index is 2.41.